The number of fused-ring (bicyclic) bond motifs is 1. The van der Waals surface area contributed by atoms with Gasteiger partial charge in [0, 0.05) is 22.0 Å². The maximum absolute atomic E-state index is 6.10. The summed E-state index contributed by atoms with van der Waals surface area (Å²) >= 11 is 11.8. The Labute approximate surface area is 129 Å². The van der Waals surface area contributed by atoms with Crippen LogP contribution in [0.2, 0.25) is 5.02 Å². The van der Waals surface area contributed by atoms with Gasteiger partial charge in [0.1, 0.15) is 10.7 Å². The maximum Gasteiger partial charge on any atom is 0.117 e. The lowest BCUT2D eigenvalue weighted by molar-refractivity contribution is 0.585. The van der Waals surface area contributed by atoms with Gasteiger partial charge in [-0.2, -0.15) is 0 Å². The molecular formula is C16H15ClN2S. The second kappa shape index (κ2) is 4.76. The van der Waals surface area contributed by atoms with E-state index in [1.807, 2.05) is 36.4 Å². The minimum atomic E-state index is -0.292. The van der Waals surface area contributed by atoms with E-state index >= 15 is 0 Å². The van der Waals surface area contributed by atoms with E-state index in [4.69, 9.17) is 23.8 Å². The van der Waals surface area contributed by atoms with E-state index in [-0.39, 0.29) is 5.66 Å². The number of benzene rings is 2. The molecule has 0 radical (unpaired) electrons. The number of halogens is 1. The highest BCUT2D eigenvalue weighted by Crippen LogP contribution is 2.36. The largest absolute Gasteiger partial charge is 0.362 e. The third-order valence-corrected chi connectivity index (χ3v) is 4.07. The Morgan fingerprint density at radius 1 is 1.10 bits per heavy atom. The summed E-state index contributed by atoms with van der Waals surface area (Å²) in [5.74, 6) is 0. The molecule has 0 fully saturated rings. The Kier molecular flexibility index (Phi) is 3.19. The Morgan fingerprint density at radius 2 is 1.80 bits per heavy atom. The molecule has 4 heteroatoms. The van der Waals surface area contributed by atoms with Crippen LogP contribution in [0.1, 0.15) is 19.4 Å². The van der Waals surface area contributed by atoms with Crippen molar-refractivity contribution in [3.8, 4) is 0 Å². The molecule has 0 aliphatic carbocycles. The van der Waals surface area contributed by atoms with E-state index < -0.39 is 0 Å². The molecular weight excluding hydrogens is 288 g/mol. The lowest BCUT2D eigenvalue weighted by atomic mass is 10.0. The van der Waals surface area contributed by atoms with Crippen molar-refractivity contribution >= 4 is 40.2 Å². The minimum Gasteiger partial charge on any atom is -0.362 e. The fourth-order valence-electron chi connectivity index (χ4n) is 2.58. The summed E-state index contributed by atoms with van der Waals surface area (Å²) in [4.78, 5) is 2.92. The second-order valence-electron chi connectivity index (χ2n) is 5.35. The average molecular weight is 303 g/mol. The SMILES string of the molecule is CC1(C)Nc2ccc(Cl)cc2C(=S)N1c1ccccc1. The summed E-state index contributed by atoms with van der Waals surface area (Å²) in [5, 5.41) is 4.22. The van der Waals surface area contributed by atoms with Crippen LogP contribution in [0.5, 0.6) is 0 Å². The van der Waals surface area contributed by atoms with Crippen LogP contribution in [0.4, 0.5) is 11.4 Å². The first kappa shape index (κ1) is 13.4. The molecule has 0 aromatic heterocycles. The van der Waals surface area contributed by atoms with Gasteiger partial charge in [0.2, 0.25) is 0 Å². The Bertz CT molecular complexity index is 667. The molecule has 0 saturated heterocycles. The molecule has 0 unspecified atom stereocenters. The van der Waals surface area contributed by atoms with Crippen molar-refractivity contribution in [3.05, 3.63) is 59.1 Å². The van der Waals surface area contributed by atoms with Gasteiger partial charge < -0.3 is 10.2 Å². The first-order valence-electron chi connectivity index (χ1n) is 6.46. The quantitative estimate of drug-likeness (QED) is 0.770. The van der Waals surface area contributed by atoms with Crippen molar-refractivity contribution in [2.75, 3.05) is 10.2 Å². The molecule has 2 aromatic carbocycles. The third-order valence-electron chi connectivity index (χ3n) is 3.43. The van der Waals surface area contributed by atoms with Gasteiger partial charge in [0.05, 0.1) is 0 Å². The van der Waals surface area contributed by atoms with Gasteiger partial charge in [0.15, 0.2) is 0 Å². The van der Waals surface area contributed by atoms with Gasteiger partial charge >= 0.3 is 0 Å². The first-order chi connectivity index (χ1) is 9.49. The number of anilines is 2. The summed E-state index contributed by atoms with van der Waals surface area (Å²) < 4.78 is 0. The van der Waals surface area contributed by atoms with Crippen molar-refractivity contribution in [2.24, 2.45) is 0 Å². The molecule has 0 spiro atoms. The second-order valence-corrected chi connectivity index (χ2v) is 6.17. The van der Waals surface area contributed by atoms with E-state index in [0.717, 1.165) is 21.9 Å². The number of rotatable bonds is 1. The summed E-state index contributed by atoms with van der Waals surface area (Å²) in [7, 11) is 0. The maximum atomic E-state index is 6.10. The first-order valence-corrected chi connectivity index (χ1v) is 7.25. The van der Waals surface area contributed by atoms with Gasteiger partial charge in [-0.3, -0.25) is 0 Å². The van der Waals surface area contributed by atoms with Crippen molar-refractivity contribution in [1.29, 1.82) is 0 Å². The van der Waals surface area contributed by atoms with Crippen LogP contribution in [0.25, 0.3) is 0 Å². The summed E-state index contributed by atoms with van der Waals surface area (Å²) in [6.07, 6.45) is 0. The zero-order valence-corrected chi connectivity index (χ0v) is 12.9. The Morgan fingerprint density at radius 3 is 2.50 bits per heavy atom. The monoisotopic (exact) mass is 302 g/mol. The normalized spacial score (nSPS) is 16.6. The highest BCUT2D eigenvalue weighted by molar-refractivity contribution is 7.81. The van der Waals surface area contributed by atoms with Gasteiger partial charge in [0.25, 0.3) is 0 Å². The molecule has 2 aromatic rings. The van der Waals surface area contributed by atoms with Crippen LogP contribution >= 0.6 is 23.8 Å². The van der Waals surface area contributed by atoms with E-state index in [1.165, 1.54) is 0 Å². The molecule has 2 nitrogen and oxygen atoms in total. The molecule has 0 amide bonds. The highest BCUT2D eigenvalue weighted by atomic mass is 35.5. The summed E-state index contributed by atoms with van der Waals surface area (Å²) in [6.45, 7) is 4.23. The third kappa shape index (κ3) is 2.17. The van der Waals surface area contributed by atoms with Crippen LogP contribution in [0.3, 0.4) is 0 Å². The predicted octanol–water partition coefficient (Wildman–Crippen LogP) is 4.68. The van der Waals surface area contributed by atoms with Crippen LogP contribution in [-0.2, 0) is 0 Å². The van der Waals surface area contributed by atoms with Crippen molar-refractivity contribution in [2.45, 2.75) is 19.5 Å². The van der Waals surface area contributed by atoms with Gasteiger partial charge in [-0.25, -0.2) is 0 Å². The van der Waals surface area contributed by atoms with E-state index in [1.54, 1.807) is 0 Å². The van der Waals surface area contributed by atoms with Gasteiger partial charge in [-0.15, -0.1) is 0 Å². The number of hydrogen-bond acceptors (Lipinski definition) is 2. The minimum absolute atomic E-state index is 0.292. The number of nitrogens with one attached hydrogen (secondary N) is 1. The Hall–Kier alpha value is -1.58. The molecule has 1 aliphatic heterocycles. The average Bonchev–Trinajstić information content (AvgIpc) is 2.40. The predicted molar refractivity (Wildman–Crippen MR) is 89.8 cm³/mol. The number of thiocarbonyl (C=S) groups is 1. The van der Waals surface area contributed by atoms with Crippen LogP contribution in [0, 0.1) is 0 Å². The molecule has 0 bridgehead atoms. The topological polar surface area (TPSA) is 15.3 Å². The highest BCUT2D eigenvalue weighted by Gasteiger charge is 2.36. The smallest absolute Gasteiger partial charge is 0.117 e. The zero-order chi connectivity index (χ0) is 14.3. The van der Waals surface area contributed by atoms with E-state index in [9.17, 15) is 0 Å². The van der Waals surface area contributed by atoms with Crippen molar-refractivity contribution < 1.29 is 0 Å². The number of para-hydroxylation sites is 1. The van der Waals surface area contributed by atoms with Gasteiger partial charge in [-0.05, 0) is 44.2 Å². The molecule has 3 rings (SSSR count). The molecule has 1 aliphatic rings. The van der Waals surface area contributed by atoms with E-state index in [0.29, 0.717) is 5.02 Å². The van der Waals surface area contributed by atoms with Crippen molar-refractivity contribution in [3.63, 3.8) is 0 Å². The molecule has 1 N–H and O–H groups in total. The van der Waals surface area contributed by atoms with Crippen LogP contribution in [0.15, 0.2) is 48.5 Å². The molecule has 102 valence electrons. The van der Waals surface area contributed by atoms with Crippen molar-refractivity contribution in [1.82, 2.24) is 0 Å². The number of hydrogen-bond donors (Lipinski definition) is 1. The molecule has 20 heavy (non-hydrogen) atoms. The summed E-state index contributed by atoms with van der Waals surface area (Å²) in [5.41, 5.74) is 2.77. The molecule has 1 heterocycles. The summed E-state index contributed by atoms with van der Waals surface area (Å²) in [6, 6.07) is 15.9. The fourth-order valence-corrected chi connectivity index (χ4v) is 3.25. The van der Waals surface area contributed by atoms with Crippen LogP contribution in [-0.4, -0.2) is 10.7 Å². The lowest BCUT2D eigenvalue weighted by Gasteiger charge is -2.46. The van der Waals surface area contributed by atoms with Crippen LogP contribution < -0.4 is 10.2 Å². The lowest BCUT2D eigenvalue weighted by Crippen LogP contribution is -2.56. The molecule has 0 atom stereocenters. The fraction of sp³-hybridized carbons (Fsp3) is 0.188. The molecule has 0 saturated carbocycles. The van der Waals surface area contributed by atoms with E-state index in [2.05, 4.69) is 36.2 Å². The number of nitrogens with zero attached hydrogens (tertiary/aromatic N) is 1. The Balaban J connectivity index is 2.14. The standard InChI is InChI=1S/C16H15ClN2S/c1-16(2)18-14-9-8-11(17)10-13(14)15(20)19(16)12-6-4-3-5-7-12/h3-10,18H,1-2H3. The zero-order valence-electron chi connectivity index (χ0n) is 11.4. The van der Waals surface area contributed by atoms with Gasteiger partial charge in [-0.1, -0.05) is 42.0 Å².